The molecular weight excluding hydrogens is 638 g/mol. The van der Waals surface area contributed by atoms with Crippen LogP contribution in [0.2, 0.25) is 5.02 Å². The van der Waals surface area contributed by atoms with E-state index in [1.54, 1.807) is 18.2 Å². The van der Waals surface area contributed by atoms with Gasteiger partial charge in [0.05, 0.1) is 25.9 Å². The van der Waals surface area contributed by atoms with Gasteiger partial charge in [0.15, 0.2) is 5.75 Å². The van der Waals surface area contributed by atoms with Crippen molar-refractivity contribution < 1.29 is 35.1 Å². The highest BCUT2D eigenvalue weighted by atomic mass is 35.5. The highest BCUT2D eigenvalue weighted by Crippen LogP contribution is 2.42. The summed E-state index contributed by atoms with van der Waals surface area (Å²) >= 11 is 6.25. The van der Waals surface area contributed by atoms with E-state index in [-0.39, 0.29) is 25.8 Å². The Hall–Kier alpha value is -3.61. The molecule has 45 heavy (non-hydrogen) atoms. The molecule has 238 valence electrons. The molecule has 1 atom stereocenters. The number of furan rings is 1. The minimum Gasteiger partial charge on any atom is -0.748 e. The zero-order chi connectivity index (χ0) is 32.4. The zero-order valence-electron chi connectivity index (χ0n) is 24.7. The lowest BCUT2D eigenvalue weighted by molar-refractivity contribution is 0.431. The first-order valence-electron chi connectivity index (χ1n) is 14.5. The van der Waals surface area contributed by atoms with Crippen molar-refractivity contribution >= 4 is 54.6 Å². The fourth-order valence-corrected chi connectivity index (χ4v) is 6.28. The van der Waals surface area contributed by atoms with Gasteiger partial charge in [0, 0.05) is 39.6 Å². The van der Waals surface area contributed by atoms with Gasteiger partial charge in [0.1, 0.15) is 11.3 Å². The van der Waals surface area contributed by atoms with Gasteiger partial charge >= 0.3 is 0 Å². The van der Waals surface area contributed by atoms with Crippen LogP contribution in [0.15, 0.2) is 88.7 Å². The molecule has 0 saturated heterocycles. The van der Waals surface area contributed by atoms with Crippen LogP contribution in [0.25, 0.3) is 28.2 Å². The number of allylic oxidation sites excluding steroid dienone is 2. The van der Waals surface area contributed by atoms with Crippen LogP contribution in [-0.4, -0.2) is 43.5 Å². The van der Waals surface area contributed by atoms with Crippen LogP contribution in [0.5, 0.6) is 5.75 Å². The van der Waals surface area contributed by atoms with Gasteiger partial charge < -0.3 is 23.2 Å². The van der Waals surface area contributed by atoms with E-state index in [9.17, 15) is 25.9 Å². The number of nitrogens with zero attached hydrogens (tertiary/aromatic N) is 1. The predicted molar refractivity (Wildman–Crippen MR) is 174 cm³/mol. The fraction of sp³-hybridized carbons (Fsp3) is 0.273. The summed E-state index contributed by atoms with van der Waals surface area (Å²) in [4.78, 5) is 1.87. The molecule has 9 nitrogen and oxygen atoms in total. The molecule has 12 heteroatoms. The van der Waals surface area contributed by atoms with Crippen LogP contribution >= 0.6 is 11.6 Å². The molecule has 1 aromatic heterocycles. The lowest BCUT2D eigenvalue weighted by Crippen LogP contribution is -2.27. The molecular formula is C33H32ClNO8S2-2. The number of rotatable bonds is 12. The molecule has 5 rings (SSSR count). The van der Waals surface area contributed by atoms with E-state index in [0.29, 0.717) is 34.4 Å². The van der Waals surface area contributed by atoms with Crippen LogP contribution < -0.4 is 9.64 Å². The number of halogens is 1. The maximum Gasteiger partial charge on any atom is 0.200 e. The van der Waals surface area contributed by atoms with E-state index >= 15 is 0 Å². The SMILES string of the molecule is CCC(/C=C1\Oc2ccc(-c3ccccc3)cc2N1CCC(C)S(=O)(=O)[O-])=C\c1oc2ccc(Cl)cc2c1CCCS(=O)(=O)[O-]. The topological polar surface area (TPSA) is 140 Å². The predicted octanol–water partition coefficient (Wildman–Crippen LogP) is 7.09. The van der Waals surface area contributed by atoms with Crippen molar-refractivity contribution in [3.8, 4) is 16.9 Å². The lowest BCUT2D eigenvalue weighted by Gasteiger charge is -2.22. The van der Waals surface area contributed by atoms with Crippen molar-refractivity contribution in [2.45, 2.75) is 44.8 Å². The first-order valence-corrected chi connectivity index (χ1v) is 17.9. The number of hydrogen-bond acceptors (Lipinski definition) is 9. The first-order chi connectivity index (χ1) is 21.3. The van der Waals surface area contributed by atoms with E-state index in [1.807, 2.05) is 72.5 Å². The van der Waals surface area contributed by atoms with E-state index in [2.05, 4.69) is 0 Å². The molecule has 0 saturated carbocycles. The average molecular weight is 670 g/mol. The van der Waals surface area contributed by atoms with Crippen LogP contribution in [0.1, 0.15) is 44.4 Å². The molecule has 0 spiro atoms. The third-order valence-corrected chi connectivity index (χ3v) is 9.97. The summed E-state index contributed by atoms with van der Waals surface area (Å²) in [6.07, 6.45) is 4.73. The van der Waals surface area contributed by atoms with E-state index in [1.165, 1.54) is 6.92 Å². The maximum atomic E-state index is 11.7. The Kier molecular flexibility index (Phi) is 9.76. The van der Waals surface area contributed by atoms with E-state index in [0.717, 1.165) is 33.3 Å². The standard InChI is InChI=1S/C33H34ClNO8S2/c1-3-23(18-32-27(10-7-17-44(36,37)38)28-21-26(34)12-14-30(28)42-32)19-33-35(16-15-22(2)45(39,40)41)29-20-25(11-13-31(29)43-33)24-8-5-4-6-9-24/h4-6,8-9,11-14,18-22H,3,7,10,15-17H2,1-2H3,(H,36,37,38)(H,39,40,41)/p-2/b23-18+,33-19-. The average Bonchev–Trinajstić information content (AvgIpc) is 3.50. The van der Waals surface area contributed by atoms with Gasteiger partial charge in [-0.25, -0.2) is 16.8 Å². The molecule has 0 amide bonds. The minimum atomic E-state index is -4.47. The molecule has 3 aromatic carbocycles. The third-order valence-electron chi connectivity index (χ3n) is 7.73. The second-order valence-electron chi connectivity index (χ2n) is 10.9. The van der Waals surface area contributed by atoms with Crippen molar-refractivity contribution in [2.24, 2.45) is 0 Å². The normalized spacial score (nSPS) is 15.4. The van der Waals surface area contributed by atoms with Crippen molar-refractivity contribution in [2.75, 3.05) is 17.2 Å². The summed E-state index contributed by atoms with van der Waals surface area (Å²) in [5.41, 5.74) is 4.80. The number of aryl methyl sites for hydroxylation is 1. The number of benzene rings is 3. The van der Waals surface area contributed by atoms with Gasteiger partial charge in [-0.05, 0) is 85.7 Å². The highest BCUT2D eigenvalue weighted by molar-refractivity contribution is 7.86. The Morgan fingerprint density at radius 3 is 2.44 bits per heavy atom. The number of fused-ring (bicyclic) bond motifs is 2. The fourth-order valence-electron chi connectivity index (χ4n) is 5.22. The first kappa shape index (κ1) is 32.8. The quantitative estimate of drug-likeness (QED) is 0.145. The number of hydrogen-bond donors (Lipinski definition) is 0. The minimum absolute atomic E-state index is 0.0871. The summed E-state index contributed by atoms with van der Waals surface area (Å²) in [5, 5.41) is 0.128. The Labute approximate surface area is 268 Å². The largest absolute Gasteiger partial charge is 0.748 e. The maximum absolute atomic E-state index is 11.7. The third kappa shape index (κ3) is 7.98. The van der Waals surface area contributed by atoms with Crippen molar-refractivity contribution in [3.05, 3.63) is 101 Å². The van der Waals surface area contributed by atoms with Gasteiger partial charge in [-0.3, -0.25) is 0 Å². The van der Waals surface area contributed by atoms with Crippen molar-refractivity contribution in [1.29, 1.82) is 0 Å². The molecule has 2 heterocycles. The van der Waals surface area contributed by atoms with E-state index in [4.69, 9.17) is 20.8 Å². The van der Waals surface area contributed by atoms with Gasteiger partial charge in [0.25, 0.3) is 0 Å². The molecule has 1 aliphatic heterocycles. The number of anilines is 1. The lowest BCUT2D eigenvalue weighted by atomic mass is 10.0. The van der Waals surface area contributed by atoms with Crippen LogP contribution in [0.3, 0.4) is 0 Å². The van der Waals surface area contributed by atoms with Gasteiger partial charge in [-0.1, -0.05) is 54.9 Å². The van der Waals surface area contributed by atoms with E-state index < -0.39 is 31.2 Å². The molecule has 1 aliphatic rings. The monoisotopic (exact) mass is 669 g/mol. The summed E-state index contributed by atoms with van der Waals surface area (Å²) in [7, 11) is -8.85. The molecule has 4 aromatic rings. The van der Waals surface area contributed by atoms with Crippen molar-refractivity contribution in [3.63, 3.8) is 0 Å². The molecule has 0 radical (unpaired) electrons. The second-order valence-corrected chi connectivity index (χ2v) is 14.7. The zero-order valence-corrected chi connectivity index (χ0v) is 27.1. The van der Waals surface area contributed by atoms with Gasteiger partial charge in [0.2, 0.25) is 5.88 Å². The Bertz CT molecular complexity index is 1980. The van der Waals surface area contributed by atoms with Gasteiger partial charge in [-0.15, -0.1) is 0 Å². The van der Waals surface area contributed by atoms with Crippen LogP contribution in [-0.2, 0) is 26.7 Å². The molecule has 0 N–H and O–H groups in total. The smallest absolute Gasteiger partial charge is 0.200 e. The summed E-state index contributed by atoms with van der Waals surface area (Å²) in [5.74, 6) is 1.05. The second kappa shape index (κ2) is 13.4. The summed E-state index contributed by atoms with van der Waals surface area (Å²) in [6.45, 7) is 3.57. The summed E-state index contributed by atoms with van der Waals surface area (Å²) in [6, 6.07) is 20.8. The molecule has 0 bridgehead atoms. The van der Waals surface area contributed by atoms with Crippen LogP contribution in [0, 0.1) is 0 Å². The molecule has 0 aliphatic carbocycles. The Morgan fingerprint density at radius 2 is 1.76 bits per heavy atom. The highest BCUT2D eigenvalue weighted by Gasteiger charge is 2.28. The van der Waals surface area contributed by atoms with Crippen LogP contribution in [0.4, 0.5) is 5.69 Å². The summed E-state index contributed by atoms with van der Waals surface area (Å²) < 4.78 is 81.3. The Balaban J connectivity index is 1.54. The van der Waals surface area contributed by atoms with Gasteiger partial charge in [-0.2, -0.15) is 0 Å². The molecule has 0 fully saturated rings. The molecule has 1 unspecified atom stereocenters. The van der Waals surface area contributed by atoms with Crippen molar-refractivity contribution in [1.82, 2.24) is 0 Å². The number of ether oxygens (including phenoxy) is 1. The Morgan fingerprint density at radius 1 is 1.00 bits per heavy atom.